The van der Waals surface area contributed by atoms with Crippen LogP contribution >= 0.6 is 24.0 Å². The molecule has 1 N–H and O–H groups in total. The standard InChI is InChI=1S/C31H38N4O5S2/c1-31(2)28(37)34(23-11-12-26-22(19-23)21-40-27(26)36)29(41)33(31)14-7-5-4-6-13-32-15-17-35(18-16-32,30(38)39)24-9-8-10-25(20-24)42-3/h8-12,19-20H,4-7,13-18,21H2,1-3H3/p+1. The number of carbonyl (C=O) groups excluding carboxylic acids is 2. The van der Waals surface area contributed by atoms with Gasteiger partial charge in [0.2, 0.25) is 0 Å². The number of fused-ring (bicyclic) bond motifs is 1. The number of benzene rings is 2. The number of esters is 1. The largest absolute Gasteiger partial charge is 0.518 e. The Balaban J connectivity index is 1.08. The van der Waals surface area contributed by atoms with Crippen molar-refractivity contribution in [3.8, 4) is 0 Å². The Kier molecular flexibility index (Phi) is 8.94. The molecule has 2 saturated heterocycles. The van der Waals surface area contributed by atoms with E-state index in [2.05, 4.69) is 4.90 Å². The molecule has 11 heteroatoms. The van der Waals surface area contributed by atoms with Gasteiger partial charge < -0.3 is 14.7 Å². The molecule has 0 aliphatic carbocycles. The fourth-order valence-electron chi connectivity index (χ4n) is 6.16. The first-order valence-electron chi connectivity index (χ1n) is 14.5. The van der Waals surface area contributed by atoms with Crippen LogP contribution in [0.2, 0.25) is 0 Å². The predicted octanol–water partition coefficient (Wildman–Crippen LogP) is 5.35. The van der Waals surface area contributed by atoms with E-state index in [1.54, 1.807) is 28.8 Å². The van der Waals surface area contributed by atoms with E-state index in [-0.39, 0.29) is 23.0 Å². The van der Waals surface area contributed by atoms with E-state index in [9.17, 15) is 19.5 Å². The summed E-state index contributed by atoms with van der Waals surface area (Å²) in [5.74, 6) is -0.405. The topological polar surface area (TPSA) is 90.4 Å². The molecule has 42 heavy (non-hydrogen) atoms. The summed E-state index contributed by atoms with van der Waals surface area (Å²) in [5.41, 5.74) is 2.09. The van der Waals surface area contributed by atoms with Crippen molar-refractivity contribution in [1.82, 2.24) is 14.3 Å². The first-order valence-corrected chi connectivity index (χ1v) is 16.2. The Labute approximate surface area is 257 Å². The van der Waals surface area contributed by atoms with E-state index < -0.39 is 11.6 Å². The van der Waals surface area contributed by atoms with Crippen LogP contribution in [0.15, 0.2) is 47.4 Å². The molecule has 2 aromatic rings. The van der Waals surface area contributed by atoms with Crippen molar-refractivity contribution >= 4 is 58.4 Å². The Morgan fingerprint density at radius 3 is 2.45 bits per heavy atom. The second-order valence-corrected chi connectivity index (χ2v) is 13.0. The normalized spacial score (nSPS) is 19.7. The van der Waals surface area contributed by atoms with E-state index in [4.69, 9.17) is 17.0 Å². The highest BCUT2D eigenvalue weighted by Gasteiger charge is 2.49. The summed E-state index contributed by atoms with van der Waals surface area (Å²) in [6.07, 6.45) is 5.26. The summed E-state index contributed by atoms with van der Waals surface area (Å²) < 4.78 is 5.10. The molecule has 0 aromatic heterocycles. The molecule has 0 radical (unpaired) electrons. The quantitative estimate of drug-likeness (QED) is 0.126. The summed E-state index contributed by atoms with van der Waals surface area (Å²) in [7, 11) is 0. The molecular weight excluding hydrogens is 572 g/mol. The number of cyclic esters (lactones) is 1. The third-order valence-corrected chi connectivity index (χ3v) is 9.99. The molecule has 5 rings (SSSR count). The zero-order chi connectivity index (χ0) is 30.1. The molecule has 0 bridgehead atoms. The third-order valence-electron chi connectivity index (χ3n) is 8.86. The van der Waals surface area contributed by atoms with Gasteiger partial charge in [-0.05, 0) is 82.0 Å². The number of thioether (sulfide) groups is 1. The van der Waals surface area contributed by atoms with Gasteiger partial charge in [0.05, 0.1) is 11.3 Å². The van der Waals surface area contributed by atoms with Crippen LogP contribution in [0, 0.1) is 0 Å². The maximum Gasteiger partial charge on any atom is 0.518 e. The van der Waals surface area contributed by atoms with Gasteiger partial charge in [0.25, 0.3) is 5.91 Å². The van der Waals surface area contributed by atoms with Crippen LogP contribution in [-0.4, -0.2) is 89.1 Å². The summed E-state index contributed by atoms with van der Waals surface area (Å²) >= 11 is 7.40. The van der Waals surface area contributed by atoms with Crippen LogP contribution in [0.25, 0.3) is 0 Å². The highest BCUT2D eigenvalue weighted by Crippen LogP contribution is 2.35. The van der Waals surface area contributed by atoms with E-state index in [1.165, 1.54) is 0 Å². The Morgan fingerprint density at radius 2 is 1.76 bits per heavy atom. The lowest BCUT2D eigenvalue weighted by molar-refractivity contribution is -0.123. The minimum Gasteiger partial charge on any atom is -0.457 e. The fourth-order valence-corrected chi connectivity index (χ4v) is 7.13. The van der Waals surface area contributed by atoms with Crippen LogP contribution in [0.1, 0.15) is 55.5 Å². The van der Waals surface area contributed by atoms with Crippen molar-refractivity contribution < 1.29 is 24.2 Å². The average molecular weight is 612 g/mol. The SMILES string of the molecule is CSc1cccc([N+]2(C(=O)O)CCN(CCCCCCN3C(=S)N(c4ccc5c(c4)COC5=O)C(=O)C3(C)C)CC2)c1. The molecule has 0 unspecified atom stereocenters. The maximum absolute atomic E-state index is 13.4. The van der Waals surface area contributed by atoms with E-state index >= 15 is 0 Å². The molecule has 0 atom stereocenters. The molecule has 9 nitrogen and oxygen atoms in total. The van der Waals surface area contributed by atoms with Crippen molar-refractivity contribution in [2.75, 3.05) is 50.4 Å². The van der Waals surface area contributed by atoms with E-state index in [0.717, 1.165) is 61.5 Å². The van der Waals surface area contributed by atoms with Crippen molar-refractivity contribution in [1.29, 1.82) is 0 Å². The van der Waals surface area contributed by atoms with Crippen molar-refractivity contribution in [3.05, 3.63) is 53.6 Å². The molecule has 3 aliphatic heterocycles. The third kappa shape index (κ3) is 5.67. The molecule has 0 saturated carbocycles. The molecule has 3 heterocycles. The minimum absolute atomic E-state index is 0.0104. The van der Waals surface area contributed by atoms with Gasteiger partial charge in [-0.2, -0.15) is 9.28 Å². The van der Waals surface area contributed by atoms with E-state index in [0.29, 0.717) is 36.0 Å². The Morgan fingerprint density at radius 1 is 1.05 bits per heavy atom. The highest BCUT2D eigenvalue weighted by molar-refractivity contribution is 7.98. The number of quaternary nitrogens is 1. The number of nitrogens with zero attached hydrogens (tertiary/aromatic N) is 4. The van der Waals surface area contributed by atoms with Gasteiger partial charge in [-0.15, -0.1) is 11.8 Å². The Hall–Kier alpha value is -2.99. The molecule has 3 aliphatic rings. The molecular formula is C31H39N4O5S2+. The van der Waals surface area contributed by atoms with Crippen LogP contribution in [0.3, 0.4) is 0 Å². The van der Waals surface area contributed by atoms with Gasteiger partial charge in [-0.1, -0.05) is 18.9 Å². The lowest BCUT2D eigenvalue weighted by Gasteiger charge is -2.40. The number of piperazine rings is 1. The average Bonchev–Trinajstić information content (AvgIpc) is 3.43. The number of thiocarbonyl (C=S) groups is 1. The second-order valence-electron chi connectivity index (χ2n) is 11.7. The lowest BCUT2D eigenvalue weighted by atomic mass is 10.0. The Bertz CT molecular complexity index is 1390. The first kappa shape index (κ1) is 30.5. The number of carbonyl (C=O) groups is 3. The molecule has 2 fully saturated rings. The fraction of sp³-hybridized carbons (Fsp3) is 0.484. The van der Waals surface area contributed by atoms with Gasteiger partial charge in [-0.25, -0.2) is 4.79 Å². The monoisotopic (exact) mass is 611 g/mol. The first-order chi connectivity index (χ1) is 20.1. The second kappa shape index (κ2) is 12.3. The van der Waals surface area contributed by atoms with Crippen LogP contribution in [0.4, 0.5) is 16.2 Å². The zero-order valence-corrected chi connectivity index (χ0v) is 26.1. The number of anilines is 1. The van der Waals surface area contributed by atoms with E-state index in [1.807, 2.05) is 55.3 Å². The van der Waals surface area contributed by atoms with Crippen LogP contribution in [0.5, 0.6) is 0 Å². The van der Waals surface area contributed by atoms with Gasteiger partial charge in [0.1, 0.15) is 30.9 Å². The van der Waals surface area contributed by atoms with Crippen LogP contribution < -0.4 is 9.38 Å². The number of hydrogen-bond donors (Lipinski definition) is 1. The molecule has 2 amide bonds. The number of amides is 2. The number of hydrogen-bond acceptors (Lipinski definition) is 7. The van der Waals surface area contributed by atoms with Gasteiger partial charge in [0.15, 0.2) is 5.11 Å². The number of rotatable bonds is 10. The molecule has 0 spiro atoms. The minimum atomic E-state index is -0.784. The summed E-state index contributed by atoms with van der Waals surface area (Å²) in [4.78, 5) is 44.6. The summed E-state index contributed by atoms with van der Waals surface area (Å²) in [6, 6.07) is 13.2. The molecule has 2 aromatic carbocycles. The number of carboxylic acid groups (broad SMARTS) is 1. The van der Waals surface area contributed by atoms with Crippen molar-refractivity contribution in [2.24, 2.45) is 0 Å². The van der Waals surface area contributed by atoms with Crippen LogP contribution in [-0.2, 0) is 16.1 Å². The predicted molar refractivity (Wildman–Crippen MR) is 169 cm³/mol. The van der Waals surface area contributed by atoms with Gasteiger partial charge in [-0.3, -0.25) is 14.6 Å². The van der Waals surface area contributed by atoms with Crippen molar-refractivity contribution in [2.45, 2.75) is 56.6 Å². The lowest BCUT2D eigenvalue weighted by Crippen LogP contribution is -2.63. The van der Waals surface area contributed by atoms with Gasteiger partial charge in [0, 0.05) is 36.2 Å². The zero-order valence-electron chi connectivity index (χ0n) is 24.5. The van der Waals surface area contributed by atoms with Crippen molar-refractivity contribution in [3.63, 3.8) is 0 Å². The number of unbranched alkanes of at least 4 members (excludes halogenated alkanes) is 3. The highest BCUT2D eigenvalue weighted by atomic mass is 32.2. The smallest absolute Gasteiger partial charge is 0.457 e. The van der Waals surface area contributed by atoms with Gasteiger partial charge >= 0.3 is 12.1 Å². The summed E-state index contributed by atoms with van der Waals surface area (Å²) in [5, 5.41) is 10.6. The summed E-state index contributed by atoms with van der Waals surface area (Å²) in [6.45, 7) is 8.31. The maximum atomic E-state index is 13.4. The molecule has 224 valence electrons. The number of ether oxygens (including phenoxy) is 1.